The van der Waals surface area contributed by atoms with Crippen molar-refractivity contribution in [2.75, 3.05) is 0 Å². The molecule has 0 unspecified atom stereocenters. The summed E-state index contributed by atoms with van der Waals surface area (Å²) in [5.74, 6) is 0.103. The molecule has 198 valence electrons. The number of aromatic nitrogens is 2. The summed E-state index contributed by atoms with van der Waals surface area (Å²) >= 11 is 0. The van der Waals surface area contributed by atoms with Crippen molar-refractivity contribution in [2.24, 2.45) is 0 Å². The fraction of sp³-hybridized carbons (Fsp3) is 0.364. The second kappa shape index (κ2) is 12.7. The zero-order valence-electron chi connectivity index (χ0n) is 22.8. The van der Waals surface area contributed by atoms with Crippen LogP contribution in [0.5, 0.6) is 0 Å². The molecule has 0 saturated heterocycles. The van der Waals surface area contributed by atoms with E-state index in [0.29, 0.717) is 17.7 Å². The molecule has 0 aliphatic rings. The third kappa shape index (κ3) is 6.04. The van der Waals surface area contributed by atoms with Crippen molar-refractivity contribution in [3.8, 4) is 11.1 Å². The first-order valence-corrected chi connectivity index (χ1v) is 13.9. The highest BCUT2D eigenvalue weighted by Crippen LogP contribution is 2.26. The molecule has 0 radical (unpaired) electrons. The number of hydrogen-bond donors (Lipinski definition) is 1. The van der Waals surface area contributed by atoms with Crippen molar-refractivity contribution in [2.45, 2.75) is 78.7 Å². The normalized spacial score (nSPS) is 11.2. The van der Waals surface area contributed by atoms with Gasteiger partial charge >= 0.3 is 5.97 Å². The highest BCUT2D eigenvalue weighted by Gasteiger charge is 2.15. The lowest BCUT2D eigenvalue weighted by Gasteiger charge is -2.11. The molecule has 0 fully saturated rings. The Morgan fingerprint density at radius 2 is 1.50 bits per heavy atom. The Balaban J connectivity index is 1.78. The van der Waals surface area contributed by atoms with Gasteiger partial charge in [-0.3, -0.25) is 4.79 Å². The van der Waals surface area contributed by atoms with Crippen LogP contribution in [0.3, 0.4) is 0 Å². The Labute approximate surface area is 225 Å². The van der Waals surface area contributed by atoms with Gasteiger partial charge in [-0.2, -0.15) is 0 Å². The van der Waals surface area contributed by atoms with E-state index in [9.17, 15) is 14.7 Å². The maximum atomic E-state index is 13.4. The van der Waals surface area contributed by atoms with Crippen LogP contribution in [0.4, 0.5) is 0 Å². The number of aryl methyl sites for hydroxylation is 3. The van der Waals surface area contributed by atoms with Gasteiger partial charge in [0.05, 0.1) is 16.6 Å². The number of aromatic carboxylic acids is 1. The van der Waals surface area contributed by atoms with Gasteiger partial charge in [0.15, 0.2) is 5.43 Å². The average Bonchev–Trinajstić information content (AvgIpc) is 3.16. The molecule has 0 aliphatic heterocycles. The van der Waals surface area contributed by atoms with Crippen LogP contribution in [0.1, 0.15) is 85.7 Å². The summed E-state index contributed by atoms with van der Waals surface area (Å²) in [6.45, 7) is 7.11. The van der Waals surface area contributed by atoms with Crippen LogP contribution in [0, 0.1) is 0 Å². The Morgan fingerprint density at radius 1 is 0.842 bits per heavy atom. The van der Waals surface area contributed by atoms with Crippen LogP contribution in [-0.4, -0.2) is 20.6 Å². The lowest BCUT2D eigenvalue weighted by atomic mass is 9.99. The standard InChI is InChI=1S/C33H38N2O3/c1-4-7-12-25-20-29-30(21-26(32(25)36)13-8-5-2)35(31(34-29)11-6-3)22-23-16-18-24(19-17-23)27-14-9-10-15-28(27)33(37)38/h9-10,14-21H,4-8,11-13,22H2,1-3H3,(H,37,38). The quantitative estimate of drug-likeness (QED) is 0.215. The Morgan fingerprint density at radius 3 is 2.13 bits per heavy atom. The molecule has 0 amide bonds. The van der Waals surface area contributed by atoms with E-state index in [-0.39, 0.29) is 5.43 Å². The molecule has 1 heterocycles. The molecule has 4 rings (SSSR count). The van der Waals surface area contributed by atoms with Crippen molar-refractivity contribution in [3.63, 3.8) is 0 Å². The van der Waals surface area contributed by atoms with Gasteiger partial charge < -0.3 is 9.67 Å². The van der Waals surface area contributed by atoms with E-state index in [2.05, 4.69) is 43.5 Å². The van der Waals surface area contributed by atoms with Crippen molar-refractivity contribution in [3.05, 3.63) is 99.0 Å². The summed E-state index contributed by atoms with van der Waals surface area (Å²) in [4.78, 5) is 30.2. The molecule has 1 N–H and O–H groups in total. The SMILES string of the molecule is CCCCc1cc2nc(CCC)n(Cc3ccc(-c4ccccc4C(=O)O)cc3)c2cc(CCCC)c1=O. The molecule has 5 nitrogen and oxygen atoms in total. The molecular formula is C33H38N2O3. The van der Waals surface area contributed by atoms with Crippen LogP contribution in [0.15, 0.2) is 65.5 Å². The summed E-state index contributed by atoms with van der Waals surface area (Å²) < 4.78 is 2.26. The largest absolute Gasteiger partial charge is 0.478 e. The molecule has 38 heavy (non-hydrogen) atoms. The van der Waals surface area contributed by atoms with Gasteiger partial charge in [-0.05, 0) is 67.0 Å². The molecule has 5 heteroatoms. The van der Waals surface area contributed by atoms with Gasteiger partial charge in [0.1, 0.15) is 5.82 Å². The van der Waals surface area contributed by atoms with E-state index >= 15 is 0 Å². The van der Waals surface area contributed by atoms with Gasteiger partial charge in [0.2, 0.25) is 0 Å². The molecule has 3 aromatic carbocycles. The zero-order valence-corrected chi connectivity index (χ0v) is 22.8. The summed E-state index contributed by atoms with van der Waals surface area (Å²) in [5.41, 5.74) is 6.84. The highest BCUT2D eigenvalue weighted by atomic mass is 16.4. The number of rotatable bonds is 12. The summed E-state index contributed by atoms with van der Waals surface area (Å²) in [7, 11) is 0. The second-order valence-corrected chi connectivity index (χ2v) is 10.1. The second-order valence-electron chi connectivity index (χ2n) is 10.1. The van der Waals surface area contributed by atoms with Gasteiger partial charge in [0, 0.05) is 24.1 Å². The number of unbranched alkanes of at least 4 members (excludes halogenated alkanes) is 2. The number of nitrogens with zero attached hydrogens (tertiary/aromatic N) is 2. The van der Waals surface area contributed by atoms with E-state index in [0.717, 1.165) is 90.5 Å². The van der Waals surface area contributed by atoms with Gasteiger partial charge in [-0.1, -0.05) is 76.1 Å². The minimum atomic E-state index is -0.929. The first kappa shape index (κ1) is 27.3. The van der Waals surface area contributed by atoms with Crippen molar-refractivity contribution >= 4 is 17.0 Å². The van der Waals surface area contributed by atoms with Crippen LogP contribution < -0.4 is 5.43 Å². The minimum Gasteiger partial charge on any atom is -0.478 e. The van der Waals surface area contributed by atoms with Gasteiger partial charge in [-0.25, -0.2) is 9.78 Å². The topological polar surface area (TPSA) is 72.2 Å². The van der Waals surface area contributed by atoms with E-state index in [4.69, 9.17) is 4.98 Å². The third-order valence-electron chi connectivity index (χ3n) is 7.16. The van der Waals surface area contributed by atoms with Crippen LogP contribution in [0.2, 0.25) is 0 Å². The number of carbonyl (C=O) groups is 1. The number of benzene rings is 2. The summed E-state index contributed by atoms with van der Waals surface area (Å²) in [5, 5.41) is 9.59. The fourth-order valence-corrected chi connectivity index (χ4v) is 5.05. The van der Waals surface area contributed by atoms with Crippen molar-refractivity contribution < 1.29 is 9.90 Å². The minimum absolute atomic E-state index is 0.176. The molecule has 0 atom stereocenters. The van der Waals surface area contributed by atoms with E-state index < -0.39 is 5.97 Å². The first-order valence-electron chi connectivity index (χ1n) is 13.9. The molecule has 0 spiro atoms. The predicted octanol–water partition coefficient (Wildman–Crippen LogP) is 7.45. The number of carboxylic acid groups (broad SMARTS) is 1. The van der Waals surface area contributed by atoms with Crippen LogP contribution in [0.25, 0.3) is 22.2 Å². The van der Waals surface area contributed by atoms with Crippen molar-refractivity contribution in [1.82, 2.24) is 9.55 Å². The number of hydrogen-bond acceptors (Lipinski definition) is 3. The lowest BCUT2D eigenvalue weighted by Crippen LogP contribution is -2.12. The van der Waals surface area contributed by atoms with E-state index in [1.807, 2.05) is 30.3 Å². The van der Waals surface area contributed by atoms with Crippen LogP contribution >= 0.6 is 0 Å². The summed E-state index contributed by atoms with van der Waals surface area (Å²) in [6.07, 6.45) is 7.49. The molecule has 0 bridgehead atoms. The number of imidazole rings is 1. The summed E-state index contributed by atoms with van der Waals surface area (Å²) in [6, 6.07) is 19.3. The fourth-order valence-electron chi connectivity index (χ4n) is 5.05. The number of carboxylic acids is 1. The van der Waals surface area contributed by atoms with Gasteiger partial charge in [0.25, 0.3) is 0 Å². The zero-order chi connectivity index (χ0) is 27.1. The molecule has 0 aliphatic carbocycles. The number of fused-ring (bicyclic) bond motifs is 1. The monoisotopic (exact) mass is 510 g/mol. The Kier molecular flexibility index (Phi) is 9.11. The highest BCUT2D eigenvalue weighted by molar-refractivity contribution is 5.96. The smallest absolute Gasteiger partial charge is 0.336 e. The molecule has 1 aromatic heterocycles. The predicted molar refractivity (Wildman–Crippen MR) is 155 cm³/mol. The van der Waals surface area contributed by atoms with Crippen molar-refractivity contribution in [1.29, 1.82) is 0 Å². The maximum Gasteiger partial charge on any atom is 0.336 e. The molecule has 0 saturated carbocycles. The lowest BCUT2D eigenvalue weighted by molar-refractivity contribution is 0.0697. The Hall–Kier alpha value is -3.73. The maximum absolute atomic E-state index is 13.4. The van der Waals surface area contributed by atoms with E-state index in [1.165, 1.54) is 0 Å². The van der Waals surface area contributed by atoms with Crippen LogP contribution in [-0.2, 0) is 25.8 Å². The van der Waals surface area contributed by atoms with E-state index in [1.54, 1.807) is 12.1 Å². The molecule has 4 aromatic rings. The first-order chi connectivity index (χ1) is 18.5. The molecular weight excluding hydrogens is 472 g/mol. The Bertz CT molecular complexity index is 1470. The average molecular weight is 511 g/mol. The van der Waals surface area contributed by atoms with Gasteiger partial charge in [-0.15, -0.1) is 0 Å². The third-order valence-corrected chi connectivity index (χ3v) is 7.16.